The molecule has 2 N–H and O–H groups in total. The van der Waals surface area contributed by atoms with Crippen molar-refractivity contribution in [2.24, 2.45) is 0 Å². The number of hydrogen-bond acceptors (Lipinski definition) is 4. The third kappa shape index (κ3) is 3.48. The van der Waals surface area contributed by atoms with Crippen molar-refractivity contribution in [3.05, 3.63) is 87.1 Å². The van der Waals surface area contributed by atoms with Crippen molar-refractivity contribution in [3.8, 4) is 6.07 Å². The lowest BCUT2D eigenvalue weighted by Gasteiger charge is -2.29. The van der Waals surface area contributed by atoms with Crippen LogP contribution in [0.25, 0.3) is 0 Å². The molecule has 130 valence electrons. The van der Waals surface area contributed by atoms with Crippen molar-refractivity contribution in [1.82, 2.24) is 5.32 Å². The Morgan fingerprint density at radius 1 is 1.19 bits per heavy atom. The summed E-state index contributed by atoms with van der Waals surface area (Å²) < 4.78 is 0. The SMILES string of the molecule is CC1=C(C(=O)Nc2ccccc2)C(c2ccccc2Cl)C(C#N)=C(S)N1. The van der Waals surface area contributed by atoms with Crippen molar-refractivity contribution in [2.75, 3.05) is 5.32 Å². The summed E-state index contributed by atoms with van der Waals surface area (Å²) in [6.07, 6.45) is 0. The second kappa shape index (κ2) is 7.69. The number of hydrogen-bond donors (Lipinski definition) is 3. The monoisotopic (exact) mass is 381 g/mol. The van der Waals surface area contributed by atoms with E-state index in [1.807, 2.05) is 36.4 Å². The van der Waals surface area contributed by atoms with Crippen LogP contribution in [0.1, 0.15) is 18.4 Å². The molecule has 2 aromatic carbocycles. The van der Waals surface area contributed by atoms with Crippen LogP contribution in [0.15, 0.2) is 76.5 Å². The van der Waals surface area contributed by atoms with Gasteiger partial charge in [0.25, 0.3) is 5.91 Å². The van der Waals surface area contributed by atoms with Gasteiger partial charge in [0.05, 0.1) is 22.6 Å². The minimum atomic E-state index is -0.592. The van der Waals surface area contributed by atoms with Crippen LogP contribution in [0, 0.1) is 11.3 Å². The van der Waals surface area contributed by atoms with Gasteiger partial charge in [-0.1, -0.05) is 48.0 Å². The minimum absolute atomic E-state index is 0.292. The van der Waals surface area contributed by atoms with Gasteiger partial charge >= 0.3 is 0 Å². The average molecular weight is 382 g/mol. The van der Waals surface area contributed by atoms with Gasteiger partial charge in [-0.25, -0.2) is 0 Å². The highest BCUT2D eigenvalue weighted by Gasteiger charge is 2.34. The molecule has 4 nitrogen and oxygen atoms in total. The van der Waals surface area contributed by atoms with Crippen LogP contribution in [0.2, 0.25) is 5.02 Å². The van der Waals surface area contributed by atoms with Crippen LogP contribution in [0.3, 0.4) is 0 Å². The van der Waals surface area contributed by atoms with Gasteiger partial charge in [0.2, 0.25) is 0 Å². The molecule has 0 aliphatic carbocycles. The first-order valence-electron chi connectivity index (χ1n) is 7.94. The predicted molar refractivity (Wildman–Crippen MR) is 107 cm³/mol. The number of benzene rings is 2. The van der Waals surface area contributed by atoms with E-state index in [1.54, 1.807) is 25.1 Å². The maximum atomic E-state index is 13.0. The number of nitriles is 1. The predicted octanol–water partition coefficient (Wildman–Crippen LogP) is 4.60. The zero-order valence-corrected chi connectivity index (χ0v) is 15.6. The quantitative estimate of drug-likeness (QED) is 0.680. The fraction of sp³-hybridized carbons (Fsp3) is 0.100. The standard InChI is InChI=1S/C20H16ClN3OS/c1-12-17(19(25)24-13-7-3-2-4-8-13)18(15(11-22)20(26)23-12)14-9-5-6-10-16(14)21/h2-10,18,23,26H,1H3,(H,24,25). The summed E-state index contributed by atoms with van der Waals surface area (Å²) in [5.41, 5.74) is 2.79. The van der Waals surface area contributed by atoms with Crippen molar-refractivity contribution < 1.29 is 4.79 Å². The molecule has 0 saturated heterocycles. The maximum absolute atomic E-state index is 13.0. The van der Waals surface area contributed by atoms with Crippen LogP contribution < -0.4 is 10.6 Å². The number of nitrogens with zero attached hydrogens (tertiary/aromatic N) is 1. The number of para-hydroxylation sites is 1. The molecule has 0 radical (unpaired) electrons. The van der Waals surface area contributed by atoms with Gasteiger partial charge < -0.3 is 10.6 Å². The summed E-state index contributed by atoms with van der Waals surface area (Å²) in [4.78, 5) is 13.0. The molecule has 0 fully saturated rings. The van der Waals surface area contributed by atoms with E-state index in [2.05, 4.69) is 29.3 Å². The first-order valence-corrected chi connectivity index (χ1v) is 8.77. The Morgan fingerprint density at radius 3 is 2.50 bits per heavy atom. The zero-order chi connectivity index (χ0) is 18.7. The Kier molecular flexibility index (Phi) is 5.36. The molecule has 6 heteroatoms. The lowest BCUT2D eigenvalue weighted by molar-refractivity contribution is -0.113. The number of dihydropyridines is 1. The van der Waals surface area contributed by atoms with E-state index in [0.29, 0.717) is 38.1 Å². The largest absolute Gasteiger partial charge is 0.353 e. The molecule has 0 saturated carbocycles. The summed E-state index contributed by atoms with van der Waals surface area (Å²) in [5, 5.41) is 16.5. The molecule has 1 heterocycles. The van der Waals surface area contributed by atoms with Crippen LogP contribution in [0.4, 0.5) is 5.69 Å². The van der Waals surface area contributed by atoms with Crippen molar-refractivity contribution >= 4 is 35.8 Å². The lowest BCUT2D eigenvalue weighted by Crippen LogP contribution is -2.30. The molecule has 2 aromatic rings. The molecular weight excluding hydrogens is 366 g/mol. The van der Waals surface area contributed by atoms with Gasteiger partial charge in [-0.2, -0.15) is 5.26 Å². The molecule has 1 atom stereocenters. The van der Waals surface area contributed by atoms with Gasteiger partial charge in [0.1, 0.15) is 0 Å². The van der Waals surface area contributed by atoms with E-state index < -0.39 is 5.92 Å². The number of thiol groups is 1. The van der Waals surface area contributed by atoms with E-state index in [0.717, 1.165) is 0 Å². The average Bonchev–Trinajstić information content (AvgIpc) is 2.62. The highest BCUT2D eigenvalue weighted by Crippen LogP contribution is 2.41. The molecule has 1 unspecified atom stereocenters. The molecule has 1 aliphatic rings. The maximum Gasteiger partial charge on any atom is 0.254 e. The number of halogens is 1. The van der Waals surface area contributed by atoms with Crippen LogP contribution in [-0.2, 0) is 4.79 Å². The Bertz CT molecular complexity index is 961. The summed E-state index contributed by atoms with van der Waals surface area (Å²) in [5.74, 6) is -0.883. The van der Waals surface area contributed by atoms with Crippen molar-refractivity contribution in [3.63, 3.8) is 0 Å². The highest BCUT2D eigenvalue weighted by molar-refractivity contribution is 7.84. The number of allylic oxidation sites excluding steroid dienone is 2. The summed E-state index contributed by atoms with van der Waals surface area (Å²) in [6, 6.07) is 18.5. The number of nitrogens with one attached hydrogen (secondary N) is 2. The van der Waals surface area contributed by atoms with E-state index in [-0.39, 0.29) is 5.91 Å². The molecule has 1 aliphatic heterocycles. The van der Waals surface area contributed by atoms with Crippen LogP contribution >= 0.6 is 24.2 Å². The van der Waals surface area contributed by atoms with Crippen molar-refractivity contribution in [2.45, 2.75) is 12.8 Å². The fourth-order valence-corrected chi connectivity index (χ4v) is 3.56. The van der Waals surface area contributed by atoms with Crippen LogP contribution in [-0.4, -0.2) is 5.91 Å². The third-order valence-electron chi connectivity index (χ3n) is 4.16. The Balaban J connectivity index is 2.09. The zero-order valence-electron chi connectivity index (χ0n) is 14.0. The second-order valence-corrected chi connectivity index (χ2v) is 6.67. The van der Waals surface area contributed by atoms with E-state index >= 15 is 0 Å². The highest BCUT2D eigenvalue weighted by atomic mass is 35.5. The van der Waals surface area contributed by atoms with E-state index in [1.165, 1.54) is 0 Å². The first kappa shape index (κ1) is 18.1. The number of rotatable bonds is 3. The van der Waals surface area contributed by atoms with Gasteiger partial charge in [-0.05, 0) is 30.7 Å². The molecule has 0 spiro atoms. The topological polar surface area (TPSA) is 64.9 Å². The minimum Gasteiger partial charge on any atom is -0.353 e. The number of amides is 1. The van der Waals surface area contributed by atoms with E-state index in [9.17, 15) is 10.1 Å². The van der Waals surface area contributed by atoms with Gasteiger partial charge in [0.15, 0.2) is 0 Å². The summed E-state index contributed by atoms with van der Waals surface area (Å²) in [7, 11) is 0. The van der Waals surface area contributed by atoms with Crippen LogP contribution in [0.5, 0.6) is 0 Å². The Hall–Kier alpha value is -2.68. The Morgan fingerprint density at radius 2 is 1.85 bits per heavy atom. The lowest BCUT2D eigenvalue weighted by atomic mass is 9.82. The normalized spacial score (nSPS) is 16.8. The second-order valence-electron chi connectivity index (χ2n) is 5.81. The smallest absolute Gasteiger partial charge is 0.254 e. The number of carbonyl (C=O) groups is 1. The molecule has 0 aromatic heterocycles. The third-order valence-corrected chi connectivity index (χ3v) is 4.85. The molecule has 3 rings (SSSR count). The molecule has 26 heavy (non-hydrogen) atoms. The summed E-state index contributed by atoms with van der Waals surface area (Å²) >= 11 is 10.8. The van der Waals surface area contributed by atoms with Gasteiger partial charge in [-0.15, -0.1) is 12.6 Å². The first-order chi connectivity index (χ1) is 12.5. The van der Waals surface area contributed by atoms with E-state index in [4.69, 9.17) is 11.6 Å². The molecular formula is C20H16ClN3OS. The van der Waals surface area contributed by atoms with Crippen molar-refractivity contribution in [1.29, 1.82) is 5.26 Å². The number of anilines is 1. The fourth-order valence-electron chi connectivity index (χ4n) is 2.97. The Labute approximate surface area is 162 Å². The molecule has 1 amide bonds. The van der Waals surface area contributed by atoms with Gasteiger partial charge in [0, 0.05) is 22.0 Å². The molecule has 0 bridgehead atoms. The summed E-state index contributed by atoms with van der Waals surface area (Å²) in [6.45, 7) is 1.79. The number of carbonyl (C=O) groups excluding carboxylic acids is 1. The van der Waals surface area contributed by atoms with Gasteiger partial charge in [-0.3, -0.25) is 4.79 Å².